The molecule has 0 atom stereocenters. The summed E-state index contributed by atoms with van der Waals surface area (Å²) in [7, 11) is 0. The number of allylic oxidation sites excluding steroid dienone is 4. The molecule has 1 aliphatic carbocycles. The van der Waals surface area contributed by atoms with Crippen LogP contribution < -0.4 is 0 Å². The minimum absolute atomic E-state index is 0. The first-order chi connectivity index (χ1) is 11.3. The van der Waals surface area contributed by atoms with Crippen molar-refractivity contribution >= 4 is 53.2 Å². The van der Waals surface area contributed by atoms with E-state index in [1.54, 1.807) is 0 Å². The zero-order valence-corrected chi connectivity index (χ0v) is 21.5. The predicted molar refractivity (Wildman–Crippen MR) is 125 cm³/mol. The second-order valence-electron chi connectivity index (χ2n) is 5.73. The molecular weight excluding hydrogens is 466 g/mol. The van der Waals surface area contributed by atoms with Crippen LogP contribution in [-0.2, 0) is 23.3 Å². The molecule has 0 nitrogen and oxygen atoms in total. The van der Waals surface area contributed by atoms with Gasteiger partial charge in [0, 0.05) is 0 Å². The van der Waals surface area contributed by atoms with Gasteiger partial charge >= 0.3 is 30.2 Å². The molecule has 0 unspecified atom stereocenters. The number of halogens is 2. The van der Waals surface area contributed by atoms with E-state index in [4.69, 9.17) is 0 Å². The number of hydrogen-bond acceptors (Lipinski definition) is 0. The van der Waals surface area contributed by atoms with Gasteiger partial charge < -0.3 is 14.9 Å². The van der Waals surface area contributed by atoms with Gasteiger partial charge in [0.15, 0.2) is 0 Å². The zero-order valence-electron chi connectivity index (χ0n) is 16.5. The van der Waals surface area contributed by atoms with Crippen molar-refractivity contribution in [1.82, 2.24) is 0 Å². The van der Waals surface area contributed by atoms with Gasteiger partial charge in [-0.1, -0.05) is 56.2 Å². The van der Waals surface area contributed by atoms with Crippen molar-refractivity contribution in [2.45, 2.75) is 20.3 Å². The summed E-state index contributed by atoms with van der Waals surface area (Å²) in [6.45, 7) is 7.47. The van der Waals surface area contributed by atoms with Crippen LogP contribution in [0.25, 0.3) is 21.5 Å². The van der Waals surface area contributed by atoms with Gasteiger partial charge in [-0.05, 0) is 0 Å². The molecule has 0 spiro atoms. The minimum Gasteiger partial charge on any atom is -0.126 e. The van der Waals surface area contributed by atoms with Crippen LogP contribution in [0.5, 0.6) is 0 Å². The molecule has 4 rings (SSSR count). The van der Waals surface area contributed by atoms with Crippen LogP contribution in [0.1, 0.15) is 20.3 Å². The summed E-state index contributed by atoms with van der Waals surface area (Å²) in [6, 6.07) is 19.3. The summed E-state index contributed by atoms with van der Waals surface area (Å²) in [4.78, 5) is 0. The van der Waals surface area contributed by atoms with Gasteiger partial charge in [0.1, 0.15) is 0 Å². The Morgan fingerprint density at radius 3 is 1.67 bits per heavy atom. The van der Waals surface area contributed by atoms with Crippen LogP contribution in [-0.4, -0.2) is 6.88 Å². The predicted octanol–water partition coefficient (Wildman–Crippen LogP) is 7.40. The van der Waals surface area contributed by atoms with Crippen molar-refractivity contribution < 1.29 is 23.3 Å². The smallest absolute Gasteiger partial charge is 0.0771 e. The van der Waals surface area contributed by atoms with Crippen molar-refractivity contribution in [2.75, 3.05) is 0 Å². The Morgan fingerprint density at radius 2 is 1.33 bits per heavy atom. The summed E-state index contributed by atoms with van der Waals surface area (Å²) >= 11 is 1.36. The molecule has 1 aliphatic rings. The molecule has 0 aliphatic heterocycles. The number of fused-ring (bicyclic) bond motifs is 3. The summed E-state index contributed by atoms with van der Waals surface area (Å²) in [5, 5.41) is 5.39. The molecule has 27 heavy (non-hydrogen) atoms. The SMILES string of the molecule is CC(C)C1=CC[C-]=C1.Cl.Cl.[CH3-].[CH3-].[Si]=[Zr].c1ccc2c(c1)[cH-]c1ccccc12. The molecule has 0 bridgehead atoms. The standard InChI is InChI=1S/C13H9.C8H11.2CH3.2ClH.Si.Zr/c1-3-7-12-10(5-1)9-11-6-2-4-8-13(11)12;1-7(2)8-5-3-4-6-8;;;;;;/h1-9H;5-7H,3H2,1-2H3;2*1H3;2*1H;;/q4*-1;;;;. The minimum atomic E-state index is 0. The second kappa shape index (κ2) is 16.4. The quantitative estimate of drug-likeness (QED) is 0.244. The molecule has 0 amide bonds. The van der Waals surface area contributed by atoms with Crippen LogP contribution >= 0.6 is 24.8 Å². The summed E-state index contributed by atoms with van der Waals surface area (Å²) in [5.74, 6) is 0.685. The van der Waals surface area contributed by atoms with E-state index < -0.39 is 0 Å². The van der Waals surface area contributed by atoms with Crippen molar-refractivity contribution in [1.29, 1.82) is 0 Å². The molecule has 0 N–H and O–H groups in total. The topological polar surface area (TPSA) is 0 Å². The molecular formula is C23H28Cl2SiZr-4. The van der Waals surface area contributed by atoms with Gasteiger partial charge in [0.2, 0.25) is 0 Å². The number of benzene rings is 2. The third-order valence-corrected chi connectivity index (χ3v) is 3.91. The summed E-state index contributed by atoms with van der Waals surface area (Å²) in [6.07, 6.45) is 8.47. The Morgan fingerprint density at radius 1 is 0.889 bits per heavy atom. The molecule has 0 fully saturated rings. The van der Waals surface area contributed by atoms with Gasteiger partial charge in [-0.15, -0.1) is 71.0 Å². The maximum absolute atomic E-state index is 3.14. The van der Waals surface area contributed by atoms with Crippen LogP contribution in [0.3, 0.4) is 0 Å². The normalized spacial score (nSPS) is 10.7. The summed E-state index contributed by atoms with van der Waals surface area (Å²) in [5.41, 5.74) is 1.44. The first kappa shape index (κ1) is 31.2. The first-order valence-corrected chi connectivity index (χ1v) is 12.0. The molecule has 0 saturated heterocycles. The van der Waals surface area contributed by atoms with Crippen LogP contribution in [0.15, 0.2) is 72.3 Å². The zero-order chi connectivity index (χ0) is 16.7. The fourth-order valence-corrected chi connectivity index (χ4v) is 2.72. The van der Waals surface area contributed by atoms with Gasteiger partial charge in [-0.25, -0.2) is 6.08 Å². The van der Waals surface area contributed by atoms with E-state index in [1.807, 2.05) is 0 Å². The van der Waals surface area contributed by atoms with E-state index in [1.165, 1.54) is 50.5 Å². The molecule has 146 valence electrons. The molecule has 3 aromatic carbocycles. The number of rotatable bonds is 1. The third kappa shape index (κ3) is 8.57. The third-order valence-electron chi connectivity index (χ3n) is 3.91. The maximum Gasteiger partial charge on any atom is -0.0771 e. The van der Waals surface area contributed by atoms with E-state index in [0.717, 1.165) is 6.42 Å². The van der Waals surface area contributed by atoms with E-state index in [9.17, 15) is 0 Å². The fraction of sp³-hybridized carbons (Fsp3) is 0.174. The van der Waals surface area contributed by atoms with Crippen molar-refractivity contribution in [2.24, 2.45) is 5.92 Å². The van der Waals surface area contributed by atoms with E-state index in [0.29, 0.717) is 5.92 Å². The molecule has 0 heterocycles. The molecule has 4 heteroatoms. The largest absolute Gasteiger partial charge is 0.126 e. The van der Waals surface area contributed by atoms with Crippen molar-refractivity contribution in [3.8, 4) is 0 Å². The monoisotopic (exact) mass is 492 g/mol. The van der Waals surface area contributed by atoms with Gasteiger partial charge in [-0.2, -0.15) is 11.6 Å². The Hall–Kier alpha value is -0.530. The van der Waals surface area contributed by atoms with Crippen molar-refractivity contribution in [3.63, 3.8) is 0 Å². The van der Waals surface area contributed by atoms with Crippen LogP contribution in [0.2, 0.25) is 0 Å². The molecule has 0 saturated carbocycles. The van der Waals surface area contributed by atoms with Gasteiger partial charge in [0.05, 0.1) is 0 Å². The Kier molecular flexibility index (Phi) is 19.0. The summed E-state index contributed by atoms with van der Waals surface area (Å²) < 4.78 is 0. The molecule has 0 aromatic heterocycles. The average molecular weight is 495 g/mol. The van der Waals surface area contributed by atoms with E-state index >= 15 is 0 Å². The maximum atomic E-state index is 3.14. The number of hydrogen-bond donors (Lipinski definition) is 0. The Labute approximate surface area is 194 Å². The van der Waals surface area contributed by atoms with E-state index in [-0.39, 0.29) is 39.7 Å². The van der Waals surface area contributed by atoms with E-state index in [2.05, 4.69) is 93.6 Å². The van der Waals surface area contributed by atoms with Crippen LogP contribution in [0, 0.1) is 26.8 Å². The van der Waals surface area contributed by atoms with Crippen LogP contribution in [0.4, 0.5) is 0 Å². The second-order valence-corrected chi connectivity index (χ2v) is 5.73. The Balaban J connectivity index is -0.000000368. The van der Waals surface area contributed by atoms with Gasteiger partial charge in [0.25, 0.3) is 0 Å². The average Bonchev–Trinajstić information content (AvgIpc) is 3.25. The van der Waals surface area contributed by atoms with Gasteiger partial charge in [-0.3, -0.25) is 6.08 Å². The fourth-order valence-electron chi connectivity index (χ4n) is 2.72. The molecule has 2 radical (unpaired) electrons. The van der Waals surface area contributed by atoms with Crippen molar-refractivity contribution in [3.05, 3.63) is 93.3 Å². The molecule has 3 aromatic rings. The Bertz CT molecular complexity index is 784. The first-order valence-electron chi connectivity index (χ1n) is 7.80.